The van der Waals surface area contributed by atoms with Crippen molar-refractivity contribution in [2.75, 3.05) is 0 Å². The van der Waals surface area contributed by atoms with Crippen LogP contribution < -0.4 is 4.74 Å². The summed E-state index contributed by atoms with van der Waals surface area (Å²) in [7, 11) is 0. The summed E-state index contributed by atoms with van der Waals surface area (Å²) in [5, 5.41) is 6.94. The number of pyridine rings is 1. The highest BCUT2D eigenvalue weighted by atomic mass is 19.1. The lowest BCUT2D eigenvalue weighted by Crippen LogP contribution is -2.00. The van der Waals surface area contributed by atoms with Gasteiger partial charge in [-0.15, -0.1) is 0 Å². The zero-order valence-corrected chi connectivity index (χ0v) is 26.0. The van der Waals surface area contributed by atoms with E-state index in [-0.39, 0.29) is 5.82 Å². The molecule has 0 aliphatic rings. The van der Waals surface area contributed by atoms with Gasteiger partial charge in [0, 0.05) is 40.9 Å². The molecule has 45 heavy (non-hydrogen) atoms. The molecule has 0 atom stereocenters. The molecule has 5 nitrogen and oxygen atoms in total. The van der Waals surface area contributed by atoms with Crippen LogP contribution in [0.2, 0.25) is 0 Å². The molecule has 0 spiro atoms. The van der Waals surface area contributed by atoms with Crippen LogP contribution in [0.4, 0.5) is 4.39 Å². The van der Waals surface area contributed by atoms with Crippen LogP contribution in [0.5, 0.6) is 11.5 Å². The minimum absolute atomic E-state index is 0.226. The van der Waals surface area contributed by atoms with Gasteiger partial charge in [0.15, 0.2) is 0 Å². The number of hydrogen-bond acceptors (Lipinski definition) is 3. The molecule has 0 unspecified atom stereocenters. The van der Waals surface area contributed by atoms with Crippen molar-refractivity contribution in [3.05, 3.63) is 132 Å². The number of ether oxygens (including phenoxy) is 1. The van der Waals surface area contributed by atoms with E-state index in [0.717, 1.165) is 68.8 Å². The number of hydrogen-bond donors (Lipinski definition) is 0. The summed E-state index contributed by atoms with van der Waals surface area (Å²) in [5.41, 5.74) is 8.02. The predicted octanol–water partition coefficient (Wildman–Crippen LogP) is 10.2. The van der Waals surface area contributed by atoms with Gasteiger partial charge in [-0.25, -0.2) is 14.1 Å². The second-order valence-electron chi connectivity index (χ2n) is 12.2. The lowest BCUT2D eigenvalue weighted by Gasteiger charge is -2.11. The molecule has 3 aromatic heterocycles. The highest BCUT2D eigenvalue weighted by molar-refractivity contribution is 6.09. The van der Waals surface area contributed by atoms with Gasteiger partial charge in [0.05, 0.1) is 22.9 Å². The Bertz CT molecular complexity index is 2150. The molecule has 0 N–H and O–H groups in total. The number of aromatic nitrogens is 4. The molecule has 7 aromatic rings. The molecular formula is C39H35FN4O. The average molecular weight is 595 g/mol. The average Bonchev–Trinajstić information content (AvgIpc) is 3.63. The first-order valence-corrected chi connectivity index (χ1v) is 15.4. The van der Waals surface area contributed by atoms with Crippen molar-refractivity contribution >= 4 is 21.8 Å². The molecule has 0 fully saturated rings. The highest BCUT2D eigenvalue weighted by Gasteiger charge is 2.15. The summed E-state index contributed by atoms with van der Waals surface area (Å²) in [6, 6.07) is 30.0. The maximum absolute atomic E-state index is 13.9. The van der Waals surface area contributed by atoms with Crippen LogP contribution in [0.3, 0.4) is 0 Å². The first kappa shape index (κ1) is 28.5. The molecule has 0 saturated carbocycles. The Kier molecular flexibility index (Phi) is 7.42. The van der Waals surface area contributed by atoms with Crippen molar-refractivity contribution in [3.63, 3.8) is 0 Å². The Hall–Kier alpha value is -5.23. The fraction of sp³-hybridized carbons (Fsp3) is 0.179. The van der Waals surface area contributed by atoms with Gasteiger partial charge in [0.1, 0.15) is 23.1 Å². The topological polar surface area (TPSA) is 44.9 Å². The third-order valence-corrected chi connectivity index (χ3v) is 8.38. The van der Waals surface area contributed by atoms with Gasteiger partial charge in [-0.05, 0) is 109 Å². The van der Waals surface area contributed by atoms with Gasteiger partial charge in [-0.3, -0.25) is 4.57 Å². The van der Waals surface area contributed by atoms with E-state index in [2.05, 4.69) is 72.0 Å². The summed E-state index contributed by atoms with van der Waals surface area (Å²) in [5.74, 6) is 2.76. The van der Waals surface area contributed by atoms with E-state index in [1.807, 2.05) is 67.5 Å². The summed E-state index contributed by atoms with van der Waals surface area (Å²) < 4.78 is 24.4. The van der Waals surface area contributed by atoms with Crippen molar-refractivity contribution in [2.45, 2.75) is 40.5 Å². The minimum atomic E-state index is -0.226. The van der Waals surface area contributed by atoms with E-state index < -0.39 is 0 Å². The van der Waals surface area contributed by atoms with Crippen LogP contribution in [-0.2, 0) is 6.42 Å². The van der Waals surface area contributed by atoms with Crippen molar-refractivity contribution < 1.29 is 9.13 Å². The molecule has 0 aliphatic carbocycles. The van der Waals surface area contributed by atoms with Gasteiger partial charge >= 0.3 is 0 Å². The Labute approximate surface area is 262 Å². The van der Waals surface area contributed by atoms with Crippen LogP contribution in [0.1, 0.15) is 37.0 Å². The molecular weight excluding hydrogens is 559 g/mol. The summed E-state index contributed by atoms with van der Waals surface area (Å²) in [6.45, 7) is 8.36. The van der Waals surface area contributed by atoms with E-state index >= 15 is 0 Å². The largest absolute Gasteiger partial charge is 0.457 e. The minimum Gasteiger partial charge on any atom is -0.457 e. The zero-order valence-electron chi connectivity index (χ0n) is 26.0. The van der Waals surface area contributed by atoms with E-state index in [1.165, 1.54) is 10.9 Å². The van der Waals surface area contributed by atoms with Crippen molar-refractivity contribution in [1.29, 1.82) is 0 Å². The molecule has 0 bridgehead atoms. The Morgan fingerprint density at radius 1 is 0.800 bits per heavy atom. The highest BCUT2D eigenvalue weighted by Crippen LogP contribution is 2.35. The lowest BCUT2D eigenvalue weighted by molar-refractivity contribution is 0.483. The third kappa shape index (κ3) is 5.60. The van der Waals surface area contributed by atoms with Crippen molar-refractivity contribution in [3.8, 4) is 34.1 Å². The van der Waals surface area contributed by atoms with Crippen LogP contribution >= 0.6 is 0 Å². The van der Waals surface area contributed by atoms with Gasteiger partial charge in [0.25, 0.3) is 0 Å². The van der Waals surface area contributed by atoms with E-state index in [0.29, 0.717) is 11.7 Å². The van der Waals surface area contributed by atoms with Crippen molar-refractivity contribution in [2.24, 2.45) is 5.92 Å². The molecule has 7 rings (SSSR count). The molecule has 224 valence electrons. The van der Waals surface area contributed by atoms with E-state index in [9.17, 15) is 4.39 Å². The SMILES string of the molecule is Cc1cc(F)cc(C)c1-c1cnn(-c2cccc(Oc3ccc4c5ccccc5n(-c5cc(CCC(C)C)ccn5)c4c3)c2)c1. The fourth-order valence-electron chi connectivity index (χ4n) is 6.24. The van der Waals surface area contributed by atoms with Gasteiger partial charge < -0.3 is 4.74 Å². The Morgan fingerprint density at radius 3 is 2.40 bits per heavy atom. The fourth-order valence-corrected chi connectivity index (χ4v) is 6.24. The normalized spacial score (nSPS) is 11.6. The first-order valence-electron chi connectivity index (χ1n) is 15.4. The standard InChI is InChI=1S/C39H35FN4O/c1-25(2)12-13-28-16-17-41-38(20-28)44-36-11-6-5-10-34(36)35-15-14-33(22-37(35)44)45-32-9-7-8-31(21-32)43-24-29(23-42-43)39-26(3)18-30(40)19-27(39)4/h5-11,14-25H,12-13H2,1-4H3. The van der Waals surface area contributed by atoms with Gasteiger partial charge in [0.2, 0.25) is 0 Å². The number of fused-ring (bicyclic) bond motifs is 3. The smallest absolute Gasteiger partial charge is 0.137 e. The molecule has 4 aromatic carbocycles. The van der Waals surface area contributed by atoms with E-state index in [4.69, 9.17) is 9.72 Å². The molecule has 0 saturated heterocycles. The zero-order chi connectivity index (χ0) is 31.1. The Balaban J connectivity index is 1.23. The van der Waals surface area contributed by atoms with Gasteiger partial charge in [-0.2, -0.15) is 5.10 Å². The van der Waals surface area contributed by atoms with Gasteiger partial charge in [-0.1, -0.05) is 38.1 Å². The molecule has 0 amide bonds. The Morgan fingerprint density at radius 2 is 1.58 bits per heavy atom. The molecule has 0 aliphatic heterocycles. The second-order valence-corrected chi connectivity index (χ2v) is 12.2. The van der Waals surface area contributed by atoms with Crippen molar-refractivity contribution in [1.82, 2.24) is 19.3 Å². The number of halogens is 1. The van der Waals surface area contributed by atoms with Crippen LogP contribution in [-0.4, -0.2) is 19.3 Å². The first-order chi connectivity index (χ1) is 21.8. The summed E-state index contributed by atoms with van der Waals surface area (Å²) in [4.78, 5) is 4.80. The monoisotopic (exact) mass is 594 g/mol. The third-order valence-electron chi connectivity index (χ3n) is 8.38. The van der Waals surface area contributed by atoms with E-state index in [1.54, 1.807) is 12.1 Å². The number of aryl methyl sites for hydroxylation is 3. The predicted molar refractivity (Wildman–Crippen MR) is 180 cm³/mol. The second kappa shape index (κ2) is 11.7. The number of benzene rings is 4. The quantitative estimate of drug-likeness (QED) is 0.176. The maximum Gasteiger partial charge on any atom is 0.137 e. The molecule has 3 heterocycles. The number of rotatable bonds is 8. The molecule has 0 radical (unpaired) electrons. The maximum atomic E-state index is 13.9. The summed E-state index contributed by atoms with van der Waals surface area (Å²) >= 11 is 0. The van der Waals surface area contributed by atoms with Crippen LogP contribution in [0, 0.1) is 25.6 Å². The molecule has 6 heteroatoms. The number of para-hydroxylation sites is 1. The lowest BCUT2D eigenvalue weighted by atomic mass is 9.98. The van der Waals surface area contributed by atoms with Crippen LogP contribution in [0.25, 0.3) is 44.4 Å². The summed E-state index contributed by atoms with van der Waals surface area (Å²) in [6.07, 6.45) is 7.87. The van der Waals surface area contributed by atoms with Crippen LogP contribution in [0.15, 0.2) is 110 Å². The number of nitrogens with zero attached hydrogens (tertiary/aromatic N) is 4.